The maximum absolute atomic E-state index is 5.43. The predicted octanol–water partition coefficient (Wildman–Crippen LogP) is 3.21. The van der Waals surface area contributed by atoms with Crippen LogP contribution in [0.2, 0.25) is 0 Å². The second-order valence-electron chi connectivity index (χ2n) is 6.73. The first-order valence-corrected chi connectivity index (χ1v) is 8.84. The summed E-state index contributed by atoms with van der Waals surface area (Å²) in [5.41, 5.74) is 4.13. The molecule has 1 unspecified atom stereocenters. The van der Waals surface area contributed by atoms with E-state index in [0.717, 1.165) is 39.3 Å². The number of hydrogen-bond acceptors (Lipinski definition) is 3. The standard InChI is InChI=1S/C21H28N2O/c1-22(2)21(19-8-4-3-5-9-19)20-10-6-7-18(17-20)11-12-23-13-15-24-16-14-23/h3-10,17,21H,11-16H2,1-2H3. The molecule has 1 fully saturated rings. The maximum Gasteiger partial charge on any atom is 0.0596 e. The molecule has 1 saturated heterocycles. The highest BCUT2D eigenvalue weighted by molar-refractivity contribution is 5.34. The second kappa shape index (κ2) is 8.43. The number of nitrogens with zero attached hydrogens (tertiary/aromatic N) is 2. The summed E-state index contributed by atoms with van der Waals surface area (Å²) in [5, 5.41) is 0. The van der Waals surface area contributed by atoms with Crippen molar-refractivity contribution < 1.29 is 4.74 Å². The fourth-order valence-electron chi connectivity index (χ4n) is 3.45. The lowest BCUT2D eigenvalue weighted by Gasteiger charge is -2.27. The summed E-state index contributed by atoms with van der Waals surface area (Å²) in [5.74, 6) is 0. The molecule has 2 aromatic carbocycles. The Labute approximate surface area is 145 Å². The number of rotatable bonds is 6. The summed E-state index contributed by atoms with van der Waals surface area (Å²) in [6.07, 6.45) is 1.10. The summed E-state index contributed by atoms with van der Waals surface area (Å²) in [4.78, 5) is 4.78. The molecule has 1 aliphatic heterocycles. The van der Waals surface area contributed by atoms with Crippen molar-refractivity contribution in [1.82, 2.24) is 9.80 Å². The number of benzene rings is 2. The van der Waals surface area contributed by atoms with Crippen molar-refractivity contribution in [3.8, 4) is 0 Å². The van der Waals surface area contributed by atoms with Crippen molar-refractivity contribution in [1.29, 1.82) is 0 Å². The highest BCUT2D eigenvalue weighted by Crippen LogP contribution is 2.27. The van der Waals surface area contributed by atoms with Gasteiger partial charge in [-0.3, -0.25) is 9.80 Å². The zero-order chi connectivity index (χ0) is 16.8. The van der Waals surface area contributed by atoms with E-state index < -0.39 is 0 Å². The lowest BCUT2D eigenvalue weighted by molar-refractivity contribution is 0.0384. The van der Waals surface area contributed by atoms with E-state index in [1.807, 2.05) is 0 Å². The normalized spacial score (nSPS) is 17.1. The van der Waals surface area contributed by atoms with Gasteiger partial charge in [0, 0.05) is 19.6 Å². The molecule has 0 amide bonds. The lowest BCUT2D eigenvalue weighted by atomic mass is 9.95. The summed E-state index contributed by atoms with van der Waals surface area (Å²) >= 11 is 0. The highest BCUT2D eigenvalue weighted by atomic mass is 16.5. The molecule has 0 aliphatic carbocycles. The van der Waals surface area contributed by atoms with Crippen molar-refractivity contribution >= 4 is 0 Å². The van der Waals surface area contributed by atoms with Gasteiger partial charge in [0.25, 0.3) is 0 Å². The number of morpholine rings is 1. The summed E-state index contributed by atoms with van der Waals surface area (Å²) < 4.78 is 5.43. The topological polar surface area (TPSA) is 15.7 Å². The Balaban J connectivity index is 1.73. The van der Waals surface area contributed by atoms with E-state index in [1.54, 1.807) is 0 Å². The van der Waals surface area contributed by atoms with Crippen LogP contribution in [-0.2, 0) is 11.2 Å². The van der Waals surface area contributed by atoms with Gasteiger partial charge in [0.2, 0.25) is 0 Å². The smallest absolute Gasteiger partial charge is 0.0596 e. The molecule has 0 N–H and O–H groups in total. The highest BCUT2D eigenvalue weighted by Gasteiger charge is 2.17. The van der Waals surface area contributed by atoms with Crippen LogP contribution in [-0.4, -0.2) is 56.7 Å². The van der Waals surface area contributed by atoms with Gasteiger partial charge >= 0.3 is 0 Å². The van der Waals surface area contributed by atoms with E-state index in [2.05, 4.69) is 78.5 Å². The van der Waals surface area contributed by atoms with Crippen LogP contribution in [0.3, 0.4) is 0 Å². The second-order valence-corrected chi connectivity index (χ2v) is 6.73. The molecule has 1 aliphatic rings. The minimum atomic E-state index is 0.300. The van der Waals surface area contributed by atoms with Gasteiger partial charge in [-0.25, -0.2) is 0 Å². The quantitative estimate of drug-likeness (QED) is 0.811. The molecular formula is C21H28N2O. The first kappa shape index (κ1) is 17.2. The van der Waals surface area contributed by atoms with E-state index in [-0.39, 0.29) is 0 Å². The fourth-order valence-corrected chi connectivity index (χ4v) is 3.45. The SMILES string of the molecule is CN(C)C(c1ccccc1)c1cccc(CCN2CCOCC2)c1. The van der Waals surface area contributed by atoms with Gasteiger partial charge in [0.15, 0.2) is 0 Å². The first-order chi connectivity index (χ1) is 11.7. The zero-order valence-corrected chi connectivity index (χ0v) is 14.8. The lowest BCUT2D eigenvalue weighted by Crippen LogP contribution is -2.37. The van der Waals surface area contributed by atoms with Crippen LogP contribution in [0.1, 0.15) is 22.7 Å². The molecule has 0 bridgehead atoms. The Bertz CT molecular complexity index is 621. The molecule has 3 heteroatoms. The largest absolute Gasteiger partial charge is 0.379 e. The molecule has 1 heterocycles. The number of hydrogen-bond donors (Lipinski definition) is 0. The molecule has 0 spiro atoms. The zero-order valence-electron chi connectivity index (χ0n) is 14.8. The molecule has 2 aromatic rings. The van der Waals surface area contributed by atoms with Crippen LogP contribution < -0.4 is 0 Å². The molecule has 128 valence electrons. The molecule has 3 rings (SSSR count). The minimum absolute atomic E-state index is 0.300. The van der Waals surface area contributed by atoms with Crippen LogP contribution in [0, 0.1) is 0 Å². The Morgan fingerprint density at radius 3 is 2.38 bits per heavy atom. The van der Waals surface area contributed by atoms with E-state index in [4.69, 9.17) is 4.74 Å². The average Bonchev–Trinajstić information content (AvgIpc) is 2.62. The monoisotopic (exact) mass is 324 g/mol. The average molecular weight is 324 g/mol. The Hall–Kier alpha value is -1.68. The van der Waals surface area contributed by atoms with Crippen molar-refractivity contribution in [2.45, 2.75) is 12.5 Å². The molecule has 0 saturated carbocycles. The molecular weight excluding hydrogens is 296 g/mol. The van der Waals surface area contributed by atoms with Crippen LogP contribution in [0.15, 0.2) is 54.6 Å². The van der Waals surface area contributed by atoms with Crippen molar-refractivity contribution in [3.05, 3.63) is 71.3 Å². The third kappa shape index (κ3) is 4.44. The van der Waals surface area contributed by atoms with E-state index in [9.17, 15) is 0 Å². The van der Waals surface area contributed by atoms with Gasteiger partial charge < -0.3 is 4.74 Å². The van der Waals surface area contributed by atoms with Crippen LogP contribution in [0.5, 0.6) is 0 Å². The Morgan fingerprint density at radius 1 is 0.958 bits per heavy atom. The Morgan fingerprint density at radius 2 is 1.67 bits per heavy atom. The van der Waals surface area contributed by atoms with Gasteiger partial charge in [0.05, 0.1) is 19.3 Å². The summed E-state index contributed by atoms with van der Waals surface area (Å²) in [7, 11) is 4.30. The minimum Gasteiger partial charge on any atom is -0.379 e. The van der Waals surface area contributed by atoms with Gasteiger partial charge in [-0.05, 0) is 37.2 Å². The van der Waals surface area contributed by atoms with Gasteiger partial charge in [0.1, 0.15) is 0 Å². The third-order valence-corrected chi connectivity index (χ3v) is 4.72. The first-order valence-electron chi connectivity index (χ1n) is 8.84. The van der Waals surface area contributed by atoms with Gasteiger partial charge in [-0.2, -0.15) is 0 Å². The maximum atomic E-state index is 5.43. The summed E-state index contributed by atoms with van der Waals surface area (Å²) in [6, 6.07) is 20.1. The fraction of sp³-hybridized carbons (Fsp3) is 0.429. The predicted molar refractivity (Wildman–Crippen MR) is 99.4 cm³/mol. The van der Waals surface area contributed by atoms with E-state index in [0.29, 0.717) is 6.04 Å². The van der Waals surface area contributed by atoms with Crippen LogP contribution >= 0.6 is 0 Å². The van der Waals surface area contributed by atoms with Gasteiger partial charge in [-0.15, -0.1) is 0 Å². The molecule has 0 radical (unpaired) electrons. The molecule has 3 nitrogen and oxygen atoms in total. The summed E-state index contributed by atoms with van der Waals surface area (Å²) in [6.45, 7) is 4.98. The molecule has 1 atom stereocenters. The van der Waals surface area contributed by atoms with Crippen LogP contribution in [0.4, 0.5) is 0 Å². The number of ether oxygens (including phenoxy) is 1. The van der Waals surface area contributed by atoms with Crippen molar-refractivity contribution in [2.75, 3.05) is 46.9 Å². The molecule has 24 heavy (non-hydrogen) atoms. The van der Waals surface area contributed by atoms with Crippen molar-refractivity contribution in [3.63, 3.8) is 0 Å². The molecule has 0 aromatic heterocycles. The van der Waals surface area contributed by atoms with Gasteiger partial charge in [-0.1, -0.05) is 54.6 Å². The van der Waals surface area contributed by atoms with E-state index >= 15 is 0 Å². The van der Waals surface area contributed by atoms with Crippen molar-refractivity contribution in [2.24, 2.45) is 0 Å². The van der Waals surface area contributed by atoms with E-state index in [1.165, 1.54) is 16.7 Å². The van der Waals surface area contributed by atoms with Crippen LogP contribution in [0.25, 0.3) is 0 Å². The third-order valence-electron chi connectivity index (χ3n) is 4.72. The Kier molecular flexibility index (Phi) is 6.02.